The average molecular weight is 329 g/mol. The molecule has 1 aromatic rings. The van der Waals surface area contributed by atoms with Gasteiger partial charge in [-0.2, -0.15) is 0 Å². The van der Waals surface area contributed by atoms with Crippen LogP contribution in [0.25, 0.3) is 0 Å². The first kappa shape index (κ1) is 18.6. The van der Waals surface area contributed by atoms with Gasteiger partial charge < -0.3 is 19.7 Å². The van der Waals surface area contributed by atoms with E-state index in [0.717, 1.165) is 19.6 Å². The molecule has 0 spiro atoms. The highest BCUT2D eigenvalue weighted by molar-refractivity contribution is 5.95. The Morgan fingerprint density at radius 1 is 1.36 bits per heavy atom. The van der Waals surface area contributed by atoms with Crippen LogP contribution in [0, 0.1) is 0 Å². The fourth-order valence-electron chi connectivity index (χ4n) is 2.46. The van der Waals surface area contributed by atoms with Crippen molar-refractivity contribution >= 4 is 18.3 Å². The summed E-state index contributed by atoms with van der Waals surface area (Å²) in [7, 11) is 1.59. The Kier molecular flexibility index (Phi) is 6.97. The van der Waals surface area contributed by atoms with Crippen molar-refractivity contribution in [1.29, 1.82) is 0 Å². The maximum Gasteiger partial charge on any atom is 0.254 e. The molecule has 1 saturated heterocycles. The minimum atomic E-state index is 0. The summed E-state index contributed by atoms with van der Waals surface area (Å²) in [5.74, 6) is 1.30. The molecule has 6 heteroatoms. The first-order chi connectivity index (χ1) is 10.0. The van der Waals surface area contributed by atoms with Crippen molar-refractivity contribution in [3.05, 3.63) is 23.8 Å². The molecule has 1 N–H and O–H groups in total. The first-order valence-corrected chi connectivity index (χ1v) is 7.39. The summed E-state index contributed by atoms with van der Waals surface area (Å²) < 4.78 is 11.0. The van der Waals surface area contributed by atoms with Gasteiger partial charge in [0.05, 0.1) is 13.2 Å². The maximum atomic E-state index is 12.6. The topological polar surface area (TPSA) is 50.8 Å². The maximum absolute atomic E-state index is 12.6. The largest absolute Gasteiger partial charge is 0.493 e. The highest BCUT2D eigenvalue weighted by atomic mass is 35.5. The number of methoxy groups -OCH3 is 1. The van der Waals surface area contributed by atoms with Gasteiger partial charge in [-0.25, -0.2) is 0 Å². The second-order valence-corrected chi connectivity index (χ2v) is 5.58. The zero-order valence-electron chi connectivity index (χ0n) is 13.6. The lowest BCUT2D eigenvalue weighted by Crippen LogP contribution is -2.52. The van der Waals surface area contributed by atoms with Crippen LogP contribution in [0.4, 0.5) is 0 Å². The predicted octanol–water partition coefficient (Wildman–Crippen LogP) is 2.34. The highest BCUT2D eigenvalue weighted by Gasteiger charge is 2.24. The van der Waals surface area contributed by atoms with Crippen molar-refractivity contribution in [1.82, 2.24) is 10.2 Å². The average Bonchev–Trinajstić information content (AvgIpc) is 2.47. The van der Waals surface area contributed by atoms with Crippen molar-refractivity contribution in [2.24, 2.45) is 0 Å². The van der Waals surface area contributed by atoms with Gasteiger partial charge in [0.1, 0.15) is 0 Å². The van der Waals surface area contributed by atoms with E-state index in [1.54, 1.807) is 25.3 Å². The van der Waals surface area contributed by atoms with Gasteiger partial charge in [0, 0.05) is 31.2 Å². The molecule has 0 aliphatic carbocycles. The third kappa shape index (κ3) is 4.27. The Bertz CT molecular complexity index is 508. The molecule has 0 radical (unpaired) electrons. The molecule has 1 aliphatic heterocycles. The van der Waals surface area contributed by atoms with E-state index in [1.807, 2.05) is 18.7 Å². The normalized spacial score (nSPS) is 17.9. The van der Waals surface area contributed by atoms with Gasteiger partial charge in [0.25, 0.3) is 5.91 Å². The molecule has 0 bridgehead atoms. The summed E-state index contributed by atoms with van der Waals surface area (Å²) in [6, 6.07) is 5.56. The summed E-state index contributed by atoms with van der Waals surface area (Å²) in [4.78, 5) is 14.5. The van der Waals surface area contributed by atoms with E-state index in [4.69, 9.17) is 9.47 Å². The third-order valence-electron chi connectivity index (χ3n) is 3.54. The molecule has 0 unspecified atom stereocenters. The van der Waals surface area contributed by atoms with Crippen LogP contribution in [0.1, 0.15) is 31.1 Å². The van der Waals surface area contributed by atoms with E-state index < -0.39 is 0 Å². The van der Waals surface area contributed by atoms with Crippen molar-refractivity contribution in [2.75, 3.05) is 26.7 Å². The number of carbonyl (C=O) groups is 1. The molecule has 1 heterocycles. The van der Waals surface area contributed by atoms with Crippen LogP contribution in [0.2, 0.25) is 0 Å². The molecule has 1 fully saturated rings. The summed E-state index contributed by atoms with van der Waals surface area (Å²) in [6.45, 7) is 8.37. The Balaban J connectivity index is 0.00000242. The number of piperazine rings is 1. The molecule has 1 aliphatic rings. The number of hydrogen-bond acceptors (Lipinski definition) is 4. The van der Waals surface area contributed by atoms with E-state index in [1.165, 1.54) is 0 Å². The van der Waals surface area contributed by atoms with Crippen LogP contribution in [-0.2, 0) is 0 Å². The molecule has 2 rings (SSSR count). The molecule has 1 amide bonds. The highest BCUT2D eigenvalue weighted by Crippen LogP contribution is 2.29. The van der Waals surface area contributed by atoms with Crippen LogP contribution in [-0.4, -0.2) is 49.7 Å². The lowest BCUT2D eigenvalue weighted by molar-refractivity contribution is 0.0655. The van der Waals surface area contributed by atoms with Gasteiger partial charge in [-0.05, 0) is 39.0 Å². The number of nitrogens with zero attached hydrogens (tertiary/aromatic N) is 1. The van der Waals surface area contributed by atoms with E-state index >= 15 is 0 Å². The SMILES string of the molecule is COc1cc(C(=O)N2CCNC[C@H]2C)ccc1OC(C)C.Cl. The number of hydrogen-bond donors (Lipinski definition) is 1. The van der Waals surface area contributed by atoms with Crippen molar-refractivity contribution < 1.29 is 14.3 Å². The van der Waals surface area contributed by atoms with E-state index in [0.29, 0.717) is 17.1 Å². The van der Waals surface area contributed by atoms with Crippen molar-refractivity contribution in [3.63, 3.8) is 0 Å². The molecule has 124 valence electrons. The van der Waals surface area contributed by atoms with Crippen LogP contribution >= 0.6 is 12.4 Å². The minimum Gasteiger partial charge on any atom is -0.493 e. The zero-order chi connectivity index (χ0) is 15.4. The van der Waals surface area contributed by atoms with Crippen molar-refractivity contribution in [3.8, 4) is 11.5 Å². The zero-order valence-corrected chi connectivity index (χ0v) is 14.4. The van der Waals surface area contributed by atoms with Crippen molar-refractivity contribution in [2.45, 2.75) is 32.9 Å². The second kappa shape index (κ2) is 8.25. The van der Waals surface area contributed by atoms with E-state index in [9.17, 15) is 4.79 Å². The number of ether oxygens (including phenoxy) is 2. The van der Waals surface area contributed by atoms with E-state index in [-0.39, 0.29) is 30.5 Å². The molecule has 5 nitrogen and oxygen atoms in total. The first-order valence-electron chi connectivity index (χ1n) is 7.39. The number of carbonyl (C=O) groups excluding carboxylic acids is 1. The number of nitrogens with one attached hydrogen (secondary N) is 1. The Morgan fingerprint density at radius 2 is 2.09 bits per heavy atom. The van der Waals surface area contributed by atoms with Crippen LogP contribution < -0.4 is 14.8 Å². The predicted molar refractivity (Wildman–Crippen MR) is 89.4 cm³/mol. The fraction of sp³-hybridized carbons (Fsp3) is 0.562. The fourth-order valence-corrected chi connectivity index (χ4v) is 2.46. The van der Waals surface area contributed by atoms with Crippen LogP contribution in [0.5, 0.6) is 11.5 Å². The summed E-state index contributed by atoms with van der Waals surface area (Å²) in [5.41, 5.74) is 0.636. The van der Waals surface area contributed by atoms with Gasteiger partial charge >= 0.3 is 0 Å². The number of halogens is 1. The van der Waals surface area contributed by atoms with Gasteiger partial charge in [-0.15, -0.1) is 12.4 Å². The lowest BCUT2D eigenvalue weighted by atomic mass is 10.1. The summed E-state index contributed by atoms with van der Waals surface area (Å²) >= 11 is 0. The Morgan fingerprint density at radius 3 is 2.68 bits per heavy atom. The second-order valence-electron chi connectivity index (χ2n) is 5.58. The monoisotopic (exact) mass is 328 g/mol. The molecule has 0 saturated carbocycles. The van der Waals surface area contributed by atoms with Crippen LogP contribution in [0.15, 0.2) is 18.2 Å². The molecular weight excluding hydrogens is 304 g/mol. The van der Waals surface area contributed by atoms with Gasteiger partial charge in [-0.1, -0.05) is 0 Å². The third-order valence-corrected chi connectivity index (χ3v) is 3.54. The molecular formula is C16H25ClN2O3. The smallest absolute Gasteiger partial charge is 0.254 e. The standard InChI is InChI=1S/C16H24N2O3.ClH/c1-11(2)21-14-6-5-13(9-15(14)20-4)16(19)18-8-7-17-10-12(18)3;/h5-6,9,11-12,17H,7-8,10H2,1-4H3;1H/t12-;/m1./s1. The summed E-state index contributed by atoms with van der Waals surface area (Å²) in [5, 5.41) is 3.29. The molecule has 1 aromatic carbocycles. The van der Waals surface area contributed by atoms with E-state index in [2.05, 4.69) is 12.2 Å². The van der Waals surface area contributed by atoms with Gasteiger partial charge in [0.15, 0.2) is 11.5 Å². The van der Waals surface area contributed by atoms with Crippen LogP contribution in [0.3, 0.4) is 0 Å². The number of benzene rings is 1. The van der Waals surface area contributed by atoms with Gasteiger partial charge in [-0.3, -0.25) is 4.79 Å². The quantitative estimate of drug-likeness (QED) is 0.921. The lowest BCUT2D eigenvalue weighted by Gasteiger charge is -2.34. The molecule has 0 aromatic heterocycles. The molecule has 22 heavy (non-hydrogen) atoms. The minimum absolute atomic E-state index is 0. The number of rotatable bonds is 4. The Hall–Kier alpha value is -1.46. The summed E-state index contributed by atoms with van der Waals surface area (Å²) in [6.07, 6.45) is 0.0636. The molecule has 1 atom stereocenters. The Labute approximate surface area is 138 Å². The van der Waals surface area contributed by atoms with Gasteiger partial charge in [0.2, 0.25) is 0 Å². The number of amides is 1.